The molecule has 1 saturated carbocycles. The van der Waals surface area contributed by atoms with E-state index in [1.165, 1.54) is 10.5 Å². The molecule has 4 aromatic rings. The number of hydrogen-bond donors (Lipinski definition) is 4. The SMILES string of the molecule is O=C(NCc1ccc2cc(CN[C@H]3CCC[C@H]3O)[nH]c2c1)c1cc(=O)n2ccccc2n1. The number of aromatic nitrogens is 3. The molecule has 1 aliphatic carbocycles. The van der Waals surface area contributed by atoms with Crippen LogP contribution in [-0.4, -0.2) is 37.5 Å². The van der Waals surface area contributed by atoms with Crippen molar-refractivity contribution >= 4 is 22.5 Å². The molecule has 0 spiro atoms. The maximum Gasteiger partial charge on any atom is 0.270 e. The van der Waals surface area contributed by atoms with Crippen LogP contribution >= 0.6 is 0 Å². The summed E-state index contributed by atoms with van der Waals surface area (Å²) in [6, 6.07) is 14.7. The fraction of sp³-hybridized carbons (Fsp3) is 0.292. The second kappa shape index (κ2) is 8.57. The van der Waals surface area contributed by atoms with Gasteiger partial charge in [0, 0.05) is 42.6 Å². The van der Waals surface area contributed by atoms with E-state index in [4.69, 9.17) is 0 Å². The van der Waals surface area contributed by atoms with Crippen LogP contribution in [0.5, 0.6) is 0 Å². The first-order valence-corrected chi connectivity index (χ1v) is 10.9. The largest absolute Gasteiger partial charge is 0.392 e. The smallest absolute Gasteiger partial charge is 0.270 e. The second-order valence-electron chi connectivity index (χ2n) is 8.29. The number of hydrogen-bond acceptors (Lipinski definition) is 5. The molecule has 1 aromatic carbocycles. The lowest BCUT2D eigenvalue weighted by molar-refractivity contribution is 0.0946. The molecular weight excluding hydrogens is 406 g/mol. The maximum atomic E-state index is 12.6. The standard InChI is InChI=1S/C24H25N5O3/c30-21-5-3-4-18(21)25-14-17-11-16-8-7-15(10-19(16)27-17)13-26-24(32)20-12-23(31)29-9-2-1-6-22(29)28-20/h1-2,6-12,18,21,25,27,30H,3-5,13-14H2,(H,26,32)/t18-,21+/m0/s1. The summed E-state index contributed by atoms with van der Waals surface area (Å²) in [7, 11) is 0. The predicted octanol–water partition coefficient (Wildman–Crippen LogP) is 2.11. The van der Waals surface area contributed by atoms with Gasteiger partial charge in [-0.1, -0.05) is 18.2 Å². The van der Waals surface area contributed by atoms with Gasteiger partial charge in [0.05, 0.1) is 6.10 Å². The number of pyridine rings is 1. The average Bonchev–Trinajstić information content (AvgIpc) is 3.40. The molecule has 3 heterocycles. The number of carbonyl (C=O) groups is 1. The Kier molecular flexibility index (Phi) is 5.46. The van der Waals surface area contributed by atoms with Crippen LogP contribution in [0.4, 0.5) is 0 Å². The van der Waals surface area contributed by atoms with E-state index in [2.05, 4.69) is 26.7 Å². The molecule has 32 heavy (non-hydrogen) atoms. The zero-order chi connectivity index (χ0) is 22.1. The van der Waals surface area contributed by atoms with Gasteiger partial charge in [-0.3, -0.25) is 14.0 Å². The van der Waals surface area contributed by atoms with Gasteiger partial charge in [-0.25, -0.2) is 4.98 Å². The van der Waals surface area contributed by atoms with Gasteiger partial charge in [-0.15, -0.1) is 0 Å². The van der Waals surface area contributed by atoms with Gasteiger partial charge >= 0.3 is 0 Å². The number of rotatable bonds is 6. The monoisotopic (exact) mass is 431 g/mol. The normalized spacial score (nSPS) is 18.4. The third-order valence-electron chi connectivity index (χ3n) is 6.03. The van der Waals surface area contributed by atoms with Crippen molar-refractivity contribution in [1.29, 1.82) is 0 Å². The lowest BCUT2D eigenvalue weighted by atomic mass is 10.1. The van der Waals surface area contributed by atoms with Crippen molar-refractivity contribution in [2.75, 3.05) is 0 Å². The van der Waals surface area contributed by atoms with Gasteiger partial charge in [-0.05, 0) is 54.5 Å². The van der Waals surface area contributed by atoms with Crippen molar-refractivity contribution in [3.8, 4) is 0 Å². The van der Waals surface area contributed by atoms with E-state index in [0.717, 1.165) is 41.4 Å². The Morgan fingerprint density at radius 1 is 1.16 bits per heavy atom. The number of aromatic amines is 1. The summed E-state index contributed by atoms with van der Waals surface area (Å²) in [5.41, 5.74) is 3.23. The highest BCUT2D eigenvalue weighted by Crippen LogP contribution is 2.21. The van der Waals surface area contributed by atoms with Crippen molar-refractivity contribution in [2.45, 2.75) is 44.5 Å². The van der Waals surface area contributed by atoms with Gasteiger partial charge in [-0.2, -0.15) is 0 Å². The molecule has 2 atom stereocenters. The summed E-state index contributed by atoms with van der Waals surface area (Å²) in [5.74, 6) is -0.389. The van der Waals surface area contributed by atoms with Crippen LogP contribution in [0.15, 0.2) is 59.5 Å². The van der Waals surface area contributed by atoms with Gasteiger partial charge in [0.15, 0.2) is 0 Å². The van der Waals surface area contributed by atoms with Crippen LogP contribution in [0.3, 0.4) is 0 Å². The van der Waals surface area contributed by atoms with Crippen LogP contribution in [0, 0.1) is 0 Å². The third kappa shape index (κ3) is 4.15. The average molecular weight is 431 g/mol. The fourth-order valence-corrected chi connectivity index (χ4v) is 4.30. The zero-order valence-electron chi connectivity index (χ0n) is 17.5. The van der Waals surface area contributed by atoms with Crippen LogP contribution in [-0.2, 0) is 13.1 Å². The summed E-state index contributed by atoms with van der Waals surface area (Å²) < 4.78 is 1.40. The first-order valence-electron chi connectivity index (χ1n) is 10.9. The molecule has 1 amide bonds. The summed E-state index contributed by atoms with van der Waals surface area (Å²) in [6.45, 7) is 0.997. The third-order valence-corrected chi connectivity index (χ3v) is 6.03. The number of nitrogens with zero attached hydrogens (tertiary/aromatic N) is 2. The predicted molar refractivity (Wildman–Crippen MR) is 121 cm³/mol. The Morgan fingerprint density at radius 3 is 2.91 bits per heavy atom. The second-order valence-corrected chi connectivity index (χ2v) is 8.29. The highest BCUT2D eigenvalue weighted by Gasteiger charge is 2.24. The number of benzene rings is 1. The van der Waals surface area contributed by atoms with E-state index < -0.39 is 0 Å². The van der Waals surface area contributed by atoms with E-state index in [-0.39, 0.29) is 29.3 Å². The Hall–Kier alpha value is -3.49. The highest BCUT2D eigenvalue weighted by molar-refractivity contribution is 5.92. The summed E-state index contributed by atoms with van der Waals surface area (Å²) in [5, 5.41) is 17.3. The number of carbonyl (C=O) groups excluding carboxylic acids is 1. The number of aliphatic hydroxyl groups excluding tert-OH is 1. The molecule has 4 N–H and O–H groups in total. The van der Waals surface area contributed by atoms with Crippen LogP contribution in [0.25, 0.3) is 16.6 Å². The number of H-pyrrole nitrogens is 1. The molecule has 5 rings (SSSR count). The fourth-order valence-electron chi connectivity index (χ4n) is 4.30. The Bertz CT molecular complexity index is 1340. The van der Waals surface area contributed by atoms with E-state index in [9.17, 15) is 14.7 Å². The molecule has 8 nitrogen and oxygen atoms in total. The molecule has 0 aliphatic heterocycles. The van der Waals surface area contributed by atoms with Crippen molar-refractivity contribution in [3.63, 3.8) is 0 Å². The van der Waals surface area contributed by atoms with E-state index >= 15 is 0 Å². The molecule has 0 unspecified atom stereocenters. The Morgan fingerprint density at radius 2 is 2.06 bits per heavy atom. The lowest BCUT2D eigenvalue weighted by Gasteiger charge is -2.15. The molecule has 0 bridgehead atoms. The molecule has 8 heteroatoms. The molecule has 1 fully saturated rings. The van der Waals surface area contributed by atoms with Crippen LogP contribution in [0.2, 0.25) is 0 Å². The van der Waals surface area contributed by atoms with Crippen molar-refractivity contribution in [3.05, 3.63) is 82.0 Å². The van der Waals surface area contributed by atoms with Gasteiger partial charge < -0.3 is 20.7 Å². The quantitative estimate of drug-likeness (QED) is 0.374. The van der Waals surface area contributed by atoms with Crippen LogP contribution in [0.1, 0.15) is 41.0 Å². The minimum atomic E-state index is -0.389. The number of aliphatic hydroxyl groups is 1. The van der Waals surface area contributed by atoms with Crippen molar-refractivity contribution < 1.29 is 9.90 Å². The zero-order valence-corrected chi connectivity index (χ0v) is 17.5. The number of amides is 1. The van der Waals surface area contributed by atoms with Crippen molar-refractivity contribution in [2.24, 2.45) is 0 Å². The van der Waals surface area contributed by atoms with Gasteiger partial charge in [0.2, 0.25) is 0 Å². The first kappa shape index (κ1) is 20.4. The molecule has 164 valence electrons. The minimum Gasteiger partial charge on any atom is -0.392 e. The molecular formula is C24H25N5O3. The Labute approximate surface area is 184 Å². The van der Waals surface area contributed by atoms with E-state index in [1.54, 1.807) is 24.4 Å². The van der Waals surface area contributed by atoms with Crippen LogP contribution < -0.4 is 16.2 Å². The molecule has 0 saturated heterocycles. The summed E-state index contributed by atoms with van der Waals surface area (Å²) in [6.07, 6.45) is 4.29. The minimum absolute atomic E-state index is 0.101. The number of nitrogens with one attached hydrogen (secondary N) is 3. The van der Waals surface area contributed by atoms with Gasteiger partial charge in [0.25, 0.3) is 11.5 Å². The molecule has 3 aromatic heterocycles. The first-order chi connectivity index (χ1) is 15.6. The summed E-state index contributed by atoms with van der Waals surface area (Å²) in [4.78, 5) is 32.5. The van der Waals surface area contributed by atoms with Gasteiger partial charge in [0.1, 0.15) is 11.3 Å². The van der Waals surface area contributed by atoms with E-state index in [1.807, 2.05) is 18.2 Å². The maximum absolute atomic E-state index is 12.6. The Balaban J connectivity index is 1.25. The molecule has 0 radical (unpaired) electrons. The lowest BCUT2D eigenvalue weighted by Crippen LogP contribution is -2.35. The highest BCUT2D eigenvalue weighted by atomic mass is 16.3. The molecule has 1 aliphatic rings. The van der Waals surface area contributed by atoms with E-state index in [0.29, 0.717) is 18.7 Å². The van der Waals surface area contributed by atoms with Crippen molar-refractivity contribution in [1.82, 2.24) is 25.0 Å². The number of fused-ring (bicyclic) bond motifs is 2. The summed E-state index contributed by atoms with van der Waals surface area (Å²) >= 11 is 0. The topological polar surface area (TPSA) is 112 Å².